The number of rotatable bonds is 5. The van der Waals surface area contributed by atoms with Gasteiger partial charge in [-0.3, -0.25) is 9.59 Å². The maximum atomic E-state index is 13.8. The summed E-state index contributed by atoms with van der Waals surface area (Å²) in [5.74, 6) is -1.31. The van der Waals surface area contributed by atoms with E-state index in [2.05, 4.69) is 5.32 Å². The lowest BCUT2D eigenvalue weighted by molar-refractivity contribution is -0.152. The Morgan fingerprint density at radius 3 is 2.55 bits per heavy atom. The van der Waals surface area contributed by atoms with Crippen molar-refractivity contribution in [2.45, 2.75) is 58.9 Å². The lowest BCUT2D eigenvalue weighted by atomic mass is 9.83. The number of carbonyl (C=O) groups is 3. The van der Waals surface area contributed by atoms with Crippen LogP contribution >= 0.6 is 0 Å². The van der Waals surface area contributed by atoms with Gasteiger partial charge in [0.1, 0.15) is 5.82 Å². The number of halogens is 1. The van der Waals surface area contributed by atoms with E-state index in [1.54, 1.807) is 29.7 Å². The number of ether oxygens (including phenoxy) is 1. The van der Waals surface area contributed by atoms with Gasteiger partial charge in [-0.05, 0) is 64.2 Å². The van der Waals surface area contributed by atoms with Crippen LogP contribution in [0.15, 0.2) is 18.2 Å². The first kappa shape index (κ1) is 25.0. The van der Waals surface area contributed by atoms with Crippen LogP contribution in [0.5, 0.6) is 0 Å². The van der Waals surface area contributed by atoms with Gasteiger partial charge in [-0.1, -0.05) is 12.1 Å². The summed E-state index contributed by atoms with van der Waals surface area (Å²) in [6.45, 7) is 9.37. The highest BCUT2D eigenvalue weighted by atomic mass is 19.1. The van der Waals surface area contributed by atoms with Crippen LogP contribution in [0.4, 0.5) is 9.18 Å². The molecule has 1 aromatic rings. The van der Waals surface area contributed by atoms with Crippen LogP contribution in [0.1, 0.15) is 57.1 Å². The van der Waals surface area contributed by atoms with Gasteiger partial charge in [0.25, 0.3) is 0 Å². The molecule has 0 spiro atoms. The average molecular weight is 462 g/mol. The van der Waals surface area contributed by atoms with Crippen molar-refractivity contribution < 1.29 is 23.5 Å². The Morgan fingerprint density at radius 2 is 1.88 bits per heavy atom. The molecule has 0 aromatic heterocycles. The minimum Gasteiger partial charge on any atom is -0.466 e. The molecule has 1 N–H and O–H groups in total. The fourth-order valence-corrected chi connectivity index (χ4v) is 4.83. The number of carbonyl (C=O) groups excluding carboxylic acids is 3. The summed E-state index contributed by atoms with van der Waals surface area (Å²) in [7, 11) is 0. The first-order chi connectivity index (χ1) is 15.7. The van der Waals surface area contributed by atoms with Crippen LogP contribution < -0.4 is 5.32 Å². The highest BCUT2D eigenvalue weighted by molar-refractivity contribution is 5.82. The summed E-state index contributed by atoms with van der Waals surface area (Å²) in [4.78, 5) is 42.0. The van der Waals surface area contributed by atoms with Crippen molar-refractivity contribution >= 4 is 17.9 Å². The maximum Gasteiger partial charge on any atom is 0.317 e. The molecule has 8 heteroatoms. The maximum absolute atomic E-state index is 13.8. The number of nitrogens with one attached hydrogen (secondary N) is 1. The average Bonchev–Trinajstić information content (AvgIpc) is 2.80. The SMILES string of the molecule is CCOC(=O)[C@@H]1CCCN(C(=O)[C@@H]2C[C@@H](c3ccc(F)c(C)c3)CN(C(=O)NC(C)C)C2)C1. The minimum atomic E-state index is -0.382. The van der Waals surface area contributed by atoms with Gasteiger partial charge < -0.3 is 19.9 Å². The Morgan fingerprint density at radius 1 is 1.15 bits per heavy atom. The number of esters is 1. The molecule has 0 saturated carbocycles. The third kappa shape index (κ3) is 6.24. The van der Waals surface area contributed by atoms with Crippen LogP contribution in [-0.4, -0.2) is 66.5 Å². The fraction of sp³-hybridized carbons (Fsp3) is 0.640. The quantitative estimate of drug-likeness (QED) is 0.681. The molecule has 182 valence electrons. The van der Waals surface area contributed by atoms with E-state index in [1.165, 1.54) is 6.07 Å². The highest BCUT2D eigenvalue weighted by Gasteiger charge is 2.38. The zero-order chi connectivity index (χ0) is 24.1. The summed E-state index contributed by atoms with van der Waals surface area (Å²) >= 11 is 0. The van der Waals surface area contributed by atoms with Crippen molar-refractivity contribution in [2.24, 2.45) is 11.8 Å². The first-order valence-corrected chi connectivity index (χ1v) is 12.0. The standard InChI is InChI=1S/C25H36FN3O4/c1-5-33-24(31)19-7-6-10-28(13-19)23(30)21-12-20(18-8-9-22(26)17(4)11-18)14-29(15-21)25(32)27-16(2)3/h8-9,11,16,19-21H,5-7,10,12-15H2,1-4H3,(H,27,32)/t19-,20-,21-/m1/s1. The van der Waals surface area contributed by atoms with Crippen LogP contribution in [0, 0.1) is 24.6 Å². The van der Waals surface area contributed by atoms with Crippen LogP contribution in [0.25, 0.3) is 0 Å². The topological polar surface area (TPSA) is 79.0 Å². The lowest BCUT2D eigenvalue weighted by Crippen LogP contribution is -2.54. The highest BCUT2D eigenvalue weighted by Crippen LogP contribution is 2.33. The molecule has 3 amide bonds. The molecule has 33 heavy (non-hydrogen) atoms. The van der Waals surface area contributed by atoms with E-state index >= 15 is 0 Å². The molecular weight excluding hydrogens is 425 g/mol. The fourth-order valence-electron chi connectivity index (χ4n) is 4.83. The van der Waals surface area contributed by atoms with Crippen LogP contribution in [0.3, 0.4) is 0 Å². The molecule has 2 aliphatic rings. The Hall–Kier alpha value is -2.64. The van der Waals surface area contributed by atoms with Crippen molar-refractivity contribution in [1.82, 2.24) is 15.1 Å². The lowest BCUT2D eigenvalue weighted by Gasteiger charge is -2.41. The number of benzene rings is 1. The molecule has 1 aromatic carbocycles. The van der Waals surface area contributed by atoms with E-state index < -0.39 is 0 Å². The summed E-state index contributed by atoms with van der Waals surface area (Å²) < 4.78 is 19.0. The molecule has 0 aliphatic carbocycles. The van der Waals surface area contributed by atoms with E-state index in [9.17, 15) is 18.8 Å². The van der Waals surface area contributed by atoms with Crippen molar-refractivity contribution in [3.63, 3.8) is 0 Å². The van der Waals surface area contributed by atoms with E-state index in [1.807, 2.05) is 19.9 Å². The zero-order valence-corrected chi connectivity index (χ0v) is 20.1. The normalized spacial score (nSPS) is 23.4. The predicted octanol–water partition coefficient (Wildman–Crippen LogP) is 3.46. The molecule has 7 nitrogen and oxygen atoms in total. The number of aryl methyl sites for hydroxylation is 1. The zero-order valence-electron chi connectivity index (χ0n) is 20.1. The second-order valence-corrected chi connectivity index (χ2v) is 9.52. The van der Waals surface area contributed by atoms with E-state index in [0.29, 0.717) is 51.2 Å². The number of likely N-dealkylation sites (tertiary alicyclic amines) is 2. The number of piperidine rings is 2. The molecule has 2 saturated heterocycles. The largest absolute Gasteiger partial charge is 0.466 e. The third-order valence-corrected chi connectivity index (χ3v) is 6.51. The van der Waals surface area contributed by atoms with Gasteiger partial charge >= 0.3 is 12.0 Å². The molecule has 3 rings (SSSR count). The second-order valence-electron chi connectivity index (χ2n) is 9.52. The van der Waals surface area contributed by atoms with Gasteiger partial charge in [0.15, 0.2) is 0 Å². The molecule has 0 unspecified atom stereocenters. The van der Waals surface area contributed by atoms with Crippen molar-refractivity contribution in [1.29, 1.82) is 0 Å². The Bertz CT molecular complexity index is 875. The number of amides is 3. The first-order valence-electron chi connectivity index (χ1n) is 12.0. The van der Waals surface area contributed by atoms with Crippen molar-refractivity contribution in [3.8, 4) is 0 Å². The second kappa shape index (κ2) is 11.0. The summed E-state index contributed by atoms with van der Waals surface area (Å²) in [6, 6.07) is 4.78. The number of hydrogen-bond donors (Lipinski definition) is 1. The van der Waals surface area contributed by atoms with Gasteiger partial charge in [-0.25, -0.2) is 9.18 Å². The van der Waals surface area contributed by atoms with E-state index in [4.69, 9.17) is 4.74 Å². The van der Waals surface area contributed by atoms with Crippen LogP contribution in [-0.2, 0) is 14.3 Å². The summed E-state index contributed by atoms with van der Waals surface area (Å²) in [6.07, 6.45) is 2.05. The molecule has 0 bridgehead atoms. The van der Waals surface area contributed by atoms with Crippen LogP contribution in [0.2, 0.25) is 0 Å². The Balaban J connectivity index is 1.79. The summed E-state index contributed by atoms with van der Waals surface area (Å²) in [5.41, 5.74) is 1.48. The molecule has 2 heterocycles. The van der Waals surface area contributed by atoms with E-state index in [0.717, 1.165) is 12.0 Å². The van der Waals surface area contributed by atoms with Gasteiger partial charge in [-0.15, -0.1) is 0 Å². The van der Waals surface area contributed by atoms with Gasteiger partial charge in [0, 0.05) is 38.1 Å². The minimum absolute atomic E-state index is 0.0208. The molecule has 2 fully saturated rings. The molecular formula is C25H36FN3O4. The van der Waals surface area contributed by atoms with Gasteiger partial charge in [0.2, 0.25) is 5.91 Å². The van der Waals surface area contributed by atoms with E-state index in [-0.39, 0.29) is 47.5 Å². The predicted molar refractivity (Wildman–Crippen MR) is 123 cm³/mol. The molecule has 3 atom stereocenters. The van der Waals surface area contributed by atoms with Gasteiger partial charge in [-0.2, -0.15) is 0 Å². The monoisotopic (exact) mass is 461 g/mol. The molecule has 0 radical (unpaired) electrons. The molecule has 2 aliphatic heterocycles. The van der Waals surface area contributed by atoms with Crippen molar-refractivity contribution in [2.75, 3.05) is 32.8 Å². The number of urea groups is 1. The smallest absolute Gasteiger partial charge is 0.317 e. The van der Waals surface area contributed by atoms with Gasteiger partial charge in [0.05, 0.1) is 18.4 Å². The number of nitrogens with zero attached hydrogens (tertiary/aromatic N) is 2. The summed E-state index contributed by atoms with van der Waals surface area (Å²) in [5, 5.41) is 2.92. The third-order valence-electron chi connectivity index (χ3n) is 6.51. The Labute approximate surface area is 195 Å². The Kier molecular flexibility index (Phi) is 8.32. The number of hydrogen-bond acceptors (Lipinski definition) is 4. The van der Waals surface area contributed by atoms with Crippen molar-refractivity contribution in [3.05, 3.63) is 35.1 Å².